The lowest BCUT2D eigenvalue weighted by atomic mass is 10.1. The summed E-state index contributed by atoms with van der Waals surface area (Å²) in [4.78, 5) is 4.04. The first-order valence-electron chi connectivity index (χ1n) is 11.9. The van der Waals surface area contributed by atoms with Gasteiger partial charge in [0.25, 0.3) is 20.0 Å². The highest BCUT2D eigenvalue weighted by atomic mass is 32.2. The zero-order valence-electron chi connectivity index (χ0n) is 20.8. The van der Waals surface area contributed by atoms with Crippen molar-refractivity contribution in [3.63, 3.8) is 0 Å². The summed E-state index contributed by atoms with van der Waals surface area (Å²) in [6.07, 6.45) is -4.42. The van der Waals surface area contributed by atoms with Gasteiger partial charge in [0.2, 0.25) is 0 Å². The molecule has 0 spiro atoms. The van der Waals surface area contributed by atoms with Crippen molar-refractivity contribution >= 4 is 42.8 Å². The number of para-hydroxylation sites is 1. The number of hydrogen-bond acceptors (Lipinski definition) is 6. The molecular formula is C28H20F3N3O4S3. The van der Waals surface area contributed by atoms with Gasteiger partial charge in [0.15, 0.2) is 0 Å². The van der Waals surface area contributed by atoms with Crippen LogP contribution in [-0.2, 0) is 26.2 Å². The van der Waals surface area contributed by atoms with E-state index in [1.807, 2.05) is 0 Å². The average molecular weight is 616 g/mol. The number of nitrogens with one attached hydrogen (secondary N) is 2. The summed E-state index contributed by atoms with van der Waals surface area (Å²) in [5.74, 6) is 0. The Bertz CT molecular complexity index is 1890. The lowest BCUT2D eigenvalue weighted by Gasteiger charge is -2.11. The normalized spacial score (nSPS) is 12.2. The summed E-state index contributed by atoms with van der Waals surface area (Å²) in [6, 6.07) is 24.3. The van der Waals surface area contributed by atoms with Gasteiger partial charge in [-0.1, -0.05) is 48.5 Å². The molecule has 2 N–H and O–H groups in total. The van der Waals surface area contributed by atoms with E-state index in [2.05, 4.69) is 14.4 Å². The van der Waals surface area contributed by atoms with Gasteiger partial charge in [-0.3, -0.25) is 9.44 Å². The SMILES string of the molecule is O=S(=O)(Nc1ccccc1)c1cccc(S(=O)(=O)Nc2ccc(-c3csc(-c4ccc(C(F)(F)F)cc4)n3)cc2)c1. The number of rotatable bonds is 8. The molecule has 0 bridgehead atoms. The molecule has 1 aromatic heterocycles. The summed E-state index contributed by atoms with van der Waals surface area (Å²) in [5.41, 5.74) is 1.62. The number of nitrogens with zero attached hydrogens (tertiary/aromatic N) is 1. The number of halogens is 3. The van der Waals surface area contributed by atoms with Gasteiger partial charge >= 0.3 is 6.18 Å². The number of sulfonamides is 2. The quantitative estimate of drug-likeness (QED) is 0.194. The van der Waals surface area contributed by atoms with E-state index in [0.717, 1.165) is 18.2 Å². The zero-order valence-corrected chi connectivity index (χ0v) is 23.3. The maximum absolute atomic E-state index is 13.0. The van der Waals surface area contributed by atoms with Gasteiger partial charge in [-0.15, -0.1) is 11.3 Å². The van der Waals surface area contributed by atoms with Crippen LogP contribution < -0.4 is 9.44 Å². The van der Waals surface area contributed by atoms with Crippen LogP contribution in [0, 0.1) is 0 Å². The van der Waals surface area contributed by atoms with E-state index in [0.29, 0.717) is 27.5 Å². The van der Waals surface area contributed by atoms with Crippen LogP contribution in [-0.4, -0.2) is 21.8 Å². The second kappa shape index (κ2) is 11.0. The molecule has 1 heterocycles. The predicted molar refractivity (Wildman–Crippen MR) is 152 cm³/mol. The minimum atomic E-state index is -4.42. The van der Waals surface area contributed by atoms with Gasteiger partial charge in [-0.2, -0.15) is 13.2 Å². The van der Waals surface area contributed by atoms with Gasteiger partial charge in [0, 0.05) is 27.9 Å². The van der Waals surface area contributed by atoms with Crippen molar-refractivity contribution in [3.8, 4) is 21.8 Å². The molecule has 5 rings (SSSR count). The Kier molecular flexibility index (Phi) is 7.60. The average Bonchev–Trinajstić information content (AvgIpc) is 3.44. The number of benzene rings is 4. The topological polar surface area (TPSA) is 105 Å². The lowest BCUT2D eigenvalue weighted by molar-refractivity contribution is -0.137. The fourth-order valence-corrected chi connectivity index (χ4v) is 6.91. The minimum Gasteiger partial charge on any atom is -0.280 e. The van der Waals surface area contributed by atoms with Crippen molar-refractivity contribution in [2.45, 2.75) is 16.0 Å². The van der Waals surface area contributed by atoms with Crippen LogP contribution >= 0.6 is 11.3 Å². The first-order valence-corrected chi connectivity index (χ1v) is 15.7. The summed E-state index contributed by atoms with van der Waals surface area (Å²) in [5, 5.41) is 2.29. The van der Waals surface area contributed by atoms with E-state index in [9.17, 15) is 30.0 Å². The summed E-state index contributed by atoms with van der Waals surface area (Å²) in [7, 11) is -8.16. The van der Waals surface area contributed by atoms with E-state index in [4.69, 9.17) is 0 Å². The van der Waals surface area contributed by atoms with Crippen LogP contribution in [0.25, 0.3) is 21.8 Å². The van der Waals surface area contributed by atoms with E-state index >= 15 is 0 Å². The molecule has 0 aliphatic heterocycles. The number of alkyl halides is 3. The number of thiazole rings is 1. The van der Waals surface area contributed by atoms with Gasteiger partial charge < -0.3 is 0 Å². The zero-order chi connectivity index (χ0) is 29.3. The first kappa shape index (κ1) is 28.3. The summed E-state index contributed by atoms with van der Waals surface area (Å²) in [6.45, 7) is 0. The van der Waals surface area contributed by atoms with Gasteiger partial charge in [-0.25, -0.2) is 21.8 Å². The second-order valence-electron chi connectivity index (χ2n) is 8.74. The molecule has 0 aliphatic carbocycles. The molecule has 5 aromatic rings. The van der Waals surface area contributed by atoms with Gasteiger partial charge in [0.05, 0.1) is 21.0 Å². The molecule has 0 atom stereocenters. The van der Waals surface area contributed by atoms with Crippen LogP contribution in [0.15, 0.2) is 118 Å². The third-order valence-electron chi connectivity index (χ3n) is 5.85. The number of anilines is 2. The molecule has 0 radical (unpaired) electrons. The highest BCUT2D eigenvalue weighted by Gasteiger charge is 2.30. The molecule has 0 unspecified atom stereocenters. The highest BCUT2D eigenvalue weighted by Crippen LogP contribution is 2.33. The second-order valence-corrected chi connectivity index (χ2v) is 13.0. The number of hydrogen-bond donors (Lipinski definition) is 2. The van der Waals surface area contributed by atoms with Crippen LogP contribution in [0.2, 0.25) is 0 Å². The third-order valence-corrected chi connectivity index (χ3v) is 9.50. The van der Waals surface area contributed by atoms with Crippen LogP contribution in [0.5, 0.6) is 0 Å². The summed E-state index contributed by atoms with van der Waals surface area (Å²) < 4.78 is 95.0. The molecule has 7 nitrogen and oxygen atoms in total. The molecule has 41 heavy (non-hydrogen) atoms. The van der Waals surface area contributed by atoms with Crippen LogP contribution in [0.3, 0.4) is 0 Å². The molecule has 210 valence electrons. The highest BCUT2D eigenvalue weighted by molar-refractivity contribution is 7.93. The Labute approximate surface area is 238 Å². The van der Waals surface area contributed by atoms with Crippen LogP contribution in [0.1, 0.15) is 5.56 Å². The van der Waals surface area contributed by atoms with Gasteiger partial charge in [0.1, 0.15) is 5.01 Å². The maximum Gasteiger partial charge on any atom is 0.416 e. The molecule has 0 fully saturated rings. The van der Waals surface area contributed by atoms with Crippen molar-refractivity contribution in [2.75, 3.05) is 9.44 Å². The van der Waals surface area contributed by atoms with Crippen LogP contribution in [0.4, 0.5) is 24.5 Å². The molecule has 0 aliphatic rings. The number of aromatic nitrogens is 1. The largest absolute Gasteiger partial charge is 0.416 e. The molecular weight excluding hydrogens is 596 g/mol. The van der Waals surface area contributed by atoms with Crippen molar-refractivity contribution in [2.24, 2.45) is 0 Å². The van der Waals surface area contributed by atoms with E-state index < -0.39 is 31.8 Å². The standard InChI is InChI=1S/C28H20F3N3O4S3/c29-28(30,31)21-13-9-20(10-14-21)27-32-26(18-39-27)19-11-15-23(16-12-19)34-41(37,38)25-8-4-7-24(17-25)40(35,36)33-22-5-2-1-3-6-22/h1-18,33-34H. The fourth-order valence-electron chi connectivity index (χ4n) is 3.79. The first-order chi connectivity index (χ1) is 19.4. The molecule has 0 amide bonds. The molecule has 0 saturated carbocycles. The van der Waals surface area contributed by atoms with E-state index in [1.54, 1.807) is 47.8 Å². The third kappa shape index (κ3) is 6.59. The van der Waals surface area contributed by atoms with Gasteiger partial charge in [-0.05, 0) is 54.6 Å². The maximum atomic E-state index is 13.0. The van der Waals surface area contributed by atoms with Crippen molar-refractivity contribution in [1.29, 1.82) is 0 Å². The van der Waals surface area contributed by atoms with Crippen molar-refractivity contribution in [3.05, 3.63) is 114 Å². The molecule has 0 saturated heterocycles. The lowest BCUT2D eigenvalue weighted by Crippen LogP contribution is -2.16. The molecule has 13 heteroatoms. The van der Waals surface area contributed by atoms with Crippen molar-refractivity contribution < 1.29 is 30.0 Å². The Balaban J connectivity index is 1.30. The monoisotopic (exact) mass is 615 g/mol. The Morgan fingerprint density at radius 2 is 1.17 bits per heavy atom. The molecule has 4 aromatic carbocycles. The Morgan fingerprint density at radius 3 is 1.73 bits per heavy atom. The van der Waals surface area contributed by atoms with Crippen molar-refractivity contribution in [1.82, 2.24) is 4.98 Å². The smallest absolute Gasteiger partial charge is 0.280 e. The predicted octanol–water partition coefficient (Wildman–Crippen LogP) is 7.10. The Morgan fingerprint density at radius 1 is 0.634 bits per heavy atom. The minimum absolute atomic E-state index is 0.216. The fraction of sp³-hybridized carbons (Fsp3) is 0.0357. The van der Waals surface area contributed by atoms with E-state index in [-0.39, 0.29) is 15.5 Å². The summed E-state index contributed by atoms with van der Waals surface area (Å²) >= 11 is 1.27. The Hall–Kier alpha value is -4.20. The van der Waals surface area contributed by atoms with E-state index in [1.165, 1.54) is 53.8 Å².